The predicted octanol–water partition coefficient (Wildman–Crippen LogP) is 12.3. The maximum Gasteiger partial charge on any atom is 0.248 e. The number of fused-ring (bicyclic) bond motifs is 15. The monoisotopic (exact) mass is 707 g/mol. The van der Waals surface area contributed by atoms with Crippen LogP contribution in [0.4, 0.5) is 17.1 Å². The summed E-state index contributed by atoms with van der Waals surface area (Å²) in [6.07, 6.45) is 0. The van der Waals surface area contributed by atoms with Crippen LogP contribution in [0, 0.1) is 0 Å². The zero-order valence-electron chi connectivity index (χ0n) is 28.3. The third-order valence-corrected chi connectivity index (χ3v) is 13.9. The van der Waals surface area contributed by atoms with Crippen LogP contribution in [-0.4, -0.2) is 6.71 Å². The van der Waals surface area contributed by atoms with E-state index in [0.29, 0.717) is 0 Å². The van der Waals surface area contributed by atoms with Gasteiger partial charge in [0.05, 0.1) is 11.4 Å². The second kappa shape index (κ2) is 10.3. The topological polar surface area (TPSA) is 16.4 Å². The smallest absolute Gasteiger partial charge is 0.248 e. The SMILES string of the molecule is c1ccc2c(c1)B1c3ccc4sc5ccccc5c4c3N(c3cccc4sc5ccccc5c34)c3cc(-c4cccc5oc6ccccc6c45)cc-2c31. The number of rotatable bonds is 2. The molecule has 53 heavy (non-hydrogen) atoms. The van der Waals surface area contributed by atoms with E-state index in [0.717, 1.165) is 21.9 Å². The molecule has 0 aliphatic carbocycles. The van der Waals surface area contributed by atoms with Crippen molar-refractivity contribution in [3.8, 4) is 22.3 Å². The van der Waals surface area contributed by atoms with Crippen molar-refractivity contribution in [3.63, 3.8) is 0 Å². The molecule has 0 unspecified atom stereocenters. The normalized spacial score (nSPS) is 13.2. The van der Waals surface area contributed by atoms with Gasteiger partial charge in [0.1, 0.15) is 11.2 Å². The van der Waals surface area contributed by atoms with E-state index in [-0.39, 0.29) is 6.71 Å². The minimum Gasteiger partial charge on any atom is -0.456 e. The molecule has 0 amide bonds. The summed E-state index contributed by atoms with van der Waals surface area (Å²) in [7, 11) is 0. The first-order valence-corrected chi connectivity index (χ1v) is 19.8. The van der Waals surface area contributed by atoms with E-state index >= 15 is 0 Å². The zero-order valence-corrected chi connectivity index (χ0v) is 29.9. The number of anilines is 3. The molecule has 13 rings (SSSR count). The van der Waals surface area contributed by atoms with Gasteiger partial charge in [0.15, 0.2) is 0 Å². The molecule has 11 aromatic rings. The second-order valence-corrected chi connectivity index (χ2v) is 16.5. The lowest BCUT2D eigenvalue weighted by molar-refractivity contribution is 0.669. The molecule has 0 saturated carbocycles. The summed E-state index contributed by atoms with van der Waals surface area (Å²) in [5.74, 6) is 0. The number of hydrogen-bond acceptors (Lipinski definition) is 4. The maximum atomic E-state index is 6.44. The summed E-state index contributed by atoms with van der Waals surface area (Å²) >= 11 is 3.78. The lowest BCUT2D eigenvalue weighted by Crippen LogP contribution is -2.54. The van der Waals surface area contributed by atoms with Crippen LogP contribution in [-0.2, 0) is 0 Å². The Labute approximate surface area is 312 Å². The van der Waals surface area contributed by atoms with Crippen LogP contribution in [0.1, 0.15) is 0 Å². The van der Waals surface area contributed by atoms with Gasteiger partial charge in [-0.2, -0.15) is 0 Å². The van der Waals surface area contributed by atoms with E-state index in [9.17, 15) is 0 Å². The van der Waals surface area contributed by atoms with Crippen LogP contribution in [0.2, 0.25) is 0 Å². The molecular formula is C48H26BNOS2. The maximum absolute atomic E-state index is 6.44. The van der Waals surface area contributed by atoms with Gasteiger partial charge in [-0.3, -0.25) is 0 Å². The van der Waals surface area contributed by atoms with Crippen molar-refractivity contribution < 1.29 is 4.42 Å². The fourth-order valence-corrected chi connectivity index (χ4v) is 11.8. The number of furan rings is 1. The molecule has 0 radical (unpaired) electrons. The van der Waals surface area contributed by atoms with Gasteiger partial charge in [-0.05, 0) is 87.8 Å². The lowest BCUT2D eigenvalue weighted by Gasteiger charge is -2.37. The molecule has 2 nitrogen and oxygen atoms in total. The molecule has 2 aliphatic rings. The van der Waals surface area contributed by atoms with E-state index in [1.807, 2.05) is 22.7 Å². The molecule has 0 N–H and O–H groups in total. The fourth-order valence-electron chi connectivity index (χ4n) is 9.59. The molecular weight excluding hydrogens is 681 g/mol. The highest BCUT2D eigenvalue weighted by Crippen LogP contribution is 2.52. The highest BCUT2D eigenvalue weighted by Gasteiger charge is 2.44. The summed E-state index contributed by atoms with van der Waals surface area (Å²) in [5.41, 5.74) is 14.8. The van der Waals surface area contributed by atoms with E-state index in [1.54, 1.807) is 0 Å². The first-order valence-electron chi connectivity index (χ1n) is 18.1. The Morgan fingerprint density at radius 3 is 1.96 bits per heavy atom. The van der Waals surface area contributed by atoms with Gasteiger partial charge in [-0.25, -0.2) is 0 Å². The molecule has 0 spiro atoms. The molecule has 8 aromatic carbocycles. The summed E-state index contributed by atoms with van der Waals surface area (Å²) in [6.45, 7) is 0.128. The highest BCUT2D eigenvalue weighted by molar-refractivity contribution is 7.26. The molecule has 0 fully saturated rings. The molecule has 0 bridgehead atoms. The molecule has 5 heterocycles. The second-order valence-electron chi connectivity index (χ2n) is 14.3. The molecule has 244 valence electrons. The third kappa shape index (κ3) is 3.68. The minimum atomic E-state index is 0.128. The van der Waals surface area contributed by atoms with E-state index in [1.165, 1.54) is 96.0 Å². The van der Waals surface area contributed by atoms with Gasteiger partial charge in [-0.15, -0.1) is 22.7 Å². The molecule has 5 heteroatoms. The third-order valence-electron chi connectivity index (χ3n) is 11.7. The van der Waals surface area contributed by atoms with Crippen molar-refractivity contribution in [3.05, 3.63) is 158 Å². The Hall–Kier alpha value is -6.14. The Morgan fingerprint density at radius 2 is 1.09 bits per heavy atom. The number of para-hydroxylation sites is 1. The first-order chi connectivity index (χ1) is 26.3. The first kappa shape index (κ1) is 28.5. The average Bonchev–Trinajstić information content (AvgIpc) is 3.97. The summed E-state index contributed by atoms with van der Waals surface area (Å²) in [6, 6.07) is 58.6. The van der Waals surface area contributed by atoms with Gasteiger partial charge in [0, 0.05) is 56.8 Å². The van der Waals surface area contributed by atoms with Gasteiger partial charge in [0.2, 0.25) is 6.71 Å². The van der Waals surface area contributed by atoms with Crippen molar-refractivity contribution in [2.45, 2.75) is 0 Å². The summed E-state index contributed by atoms with van der Waals surface area (Å²) in [5, 5.41) is 7.58. The molecule has 0 atom stereocenters. The van der Waals surface area contributed by atoms with Crippen LogP contribution in [0.25, 0.3) is 84.5 Å². The number of benzene rings is 8. The van der Waals surface area contributed by atoms with Crippen LogP contribution >= 0.6 is 22.7 Å². The number of thiophene rings is 2. The van der Waals surface area contributed by atoms with Crippen LogP contribution in [0.5, 0.6) is 0 Å². The van der Waals surface area contributed by atoms with Crippen molar-refractivity contribution in [1.82, 2.24) is 0 Å². The largest absolute Gasteiger partial charge is 0.456 e. The summed E-state index contributed by atoms with van der Waals surface area (Å²) in [4.78, 5) is 2.65. The molecule has 2 aliphatic heterocycles. The molecule has 3 aromatic heterocycles. The quantitative estimate of drug-likeness (QED) is 0.166. The van der Waals surface area contributed by atoms with Crippen LogP contribution < -0.4 is 21.3 Å². The van der Waals surface area contributed by atoms with Gasteiger partial charge >= 0.3 is 0 Å². The van der Waals surface area contributed by atoms with Crippen molar-refractivity contribution in [2.75, 3.05) is 4.90 Å². The average molecular weight is 708 g/mol. The number of hydrogen-bond donors (Lipinski definition) is 0. The highest BCUT2D eigenvalue weighted by atomic mass is 32.1. The van der Waals surface area contributed by atoms with E-state index in [2.05, 4.69) is 163 Å². The Kier molecular flexibility index (Phi) is 5.51. The lowest BCUT2D eigenvalue weighted by atomic mass is 9.37. The predicted molar refractivity (Wildman–Crippen MR) is 230 cm³/mol. The Bertz CT molecular complexity index is 3390. The molecule has 0 saturated heterocycles. The number of nitrogens with zero attached hydrogens (tertiary/aromatic N) is 1. The Morgan fingerprint density at radius 1 is 0.434 bits per heavy atom. The Balaban J connectivity index is 1.22. The van der Waals surface area contributed by atoms with Gasteiger partial charge in [-0.1, -0.05) is 109 Å². The standard InChI is InChI=1S/C48H26BNOS2/c1-5-16-34-29(11-1)33-25-27(28-15-9-19-39-44(28)30-12-2-6-18-38(30)51-39)26-37-47(33)49(34)35-23-24-43-46(32-14-4-8-21-41(32)53-43)48(35)50(37)36-17-10-22-42-45(36)31-13-3-7-20-40(31)52-42/h1-26H. The van der Waals surface area contributed by atoms with E-state index < -0.39 is 0 Å². The fraction of sp³-hybridized carbons (Fsp3) is 0. The van der Waals surface area contributed by atoms with Crippen molar-refractivity contribution >= 4 is 125 Å². The van der Waals surface area contributed by atoms with Crippen LogP contribution in [0.3, 0.4) is 0 Å². The summed E-state index contributed by atoms with van der Waals surface area (Å²) < 4.78 is 11.7. The van der Waals surface area contributed by atoms with E-state index in [4.69, 9.17) is 4.42 Å². The van der Waals surface area contributed by atoms with Crippen LogP contribution in [0.15, 0.2) is 162 Å². The van der Waals surface area contributed by atoms with Gasteiger partial charge in [0.25, 0.3) is 0 Å². The van der Waals surface area contributed by atoms with Crippen molar-refractivity contribution in [2.24, 2.45) is 0 Å². The van der Waals surface area contributed by atoms with Gasteiger partial charge < -0.3 is 9.32 Å². The minimum absolute atomic E-state index is 0.128. The van der Waals surface area contributed by atoms with Crippen molar-refractivity contribution in [1.29, 1.82) is 0 Å². The zero-order chi connectivity index (χ0) is 34.4.